The van der Waals surface area contributed by atoms with Gasteiger partial charge in [0.15, 0.2) is 11.6 Å². The Morgan fingerprint density at radius 1 is 1.18 bits per heavy atom. The zero-order chi connectivity index (χ0) is 11.8. The highest BCUT2D eigenvalue weighted by atomic mass is 19.1. The van der Waals surface area contributed by atoms with E-state index in [1.165, 1.54) is 24.5 Å². The normalized spacial score (nSPS) is 10.9. The number of anilines is 1. The van der Waals surface area contributed by atoms with E-state index in [1.54, 1.807) is 6.07 Å². The van der Waals surface area contributed by atoms with E-state index in [0.29, 0.717) is 22.6 Å². The Bertz CT molecular complexity index is 691. The van der Waals surface area contributed by atoms with Crippen molar-refractivity contribution in [3.8, 4) is 11.5 Å². The van der Waals surface area contributed by atoms with Gasteiger partial charge >= 0.3 is 0 Å². The number of halogens is 1. The smallest absolute Gasteiger partial charge is 0.161 e. The van der Waals surface area contributed by atoms with Crippen LogP contribution in [-0.2, 0) is 0 Å². The first kappa shape index (κ1) is 9.71. The third-order valence-corrected chi connectivity index (χ3v) is 2.39. The minimum atomic E-state index is -0.320. The summed E-state index contributed by atoms with van der Waals surface area (Å²) in [4.78, 5) is 15.3. The largest absolute Gasteiger partial charge is 0.382 e. The van der Waals surface area contributed by atoms with Crippen LogP contribution in [0, 0.1) is 5.82 Å². The number of H-pyrrole nitrogens is 1. The van der Waals surface area contributed by atoms with Gasteiger partial charge in [-0.2, -0.15) is 0 Å². The van der Waals surface area contributed by atoms with E-state index < -0.39 is 0 Å². The second kappa shape index (κ2) is 3.51. The van der Waals surface area contributed by atoms with Gasteiger partial charge in [0.25, 0.3) is 0 Å². The Hall–Kier alpha value is -2.50. The molecule has 0 saturated heterocycles. The number of benzene rings is 1. The van der Waals surface area contributed by atoms with Crippen molar-refractivity contribution in [3.05, 3.63) is 36.4 Å². The van der Waals surface area contributed by atoms with Crippen molar-refractivity contribution < 1.29 is 4.39 Å². The van der Waals surface area contributed by atoms with Crippen LogP contribution in [-0.4, -0.2) is 19.9 Å². The molecule has 0 unspecified atom stereocenters. The Balaban J connectivity index is 2.22. The summed E-state index contributed by atoms with van der Waals surface area (Å²) in [5.41, 5.74) is 7.42. The topological polar surface area (TPSA) is 80.5 Å². The van der Waals surface area contributed by atoms with Gasteiger partial charge in [-0.15, -0.1) is 0 Å². The maximum Gasteiger partial charge on any atom is 0.161 e. The van der Waals surface area contributed by atoms with Gasteiger partial charge in [0.05, 0.1) is 11.0 Å². The lowest BCUT2D eigenvalue weighted by Crippen LogP contribution is -1.96. The molecule has 3 rings (SSSR count). The molecule has 0 fully saturated rings. The molecule has 2 heterocycles. The van der Waals surface area contributed by atoms with Crippen LogP contribution < -0.4 is 5.73 Å². The van der Waals surface area contributed by atoms with Crippen molar-refractivity contribution in [1.29, 1.82) is 0 Å². The number of aromatic amines is 1. The summed E-state index contributed by atoms with van der Waals surface area (Å²) >= 11 is 0. The van der Waals surface area contributed by atoms with Crippen LogP contribution in [0.4, 0.5) is 10.2 Å². The summed E-state index contributed by atoms with van der Waals surface area (Å²) < 4.78 is 13.0. The molecule has 0 atom stereocenters. The van der Waals surface area contributed by atoms with Crippen LogP contribution in [0.5, 0.6) is 0 Å². The maximum atomic E-state index is 13.0. The van der Waals surface area contributed by atoms with Gasteiger partial charge in [0.2, 0.25) is 0 Å². The summed E-state index contributed by atoms with van der Waals surface area (Å²) in [5.74, 6) is 0.447. The number of nitrogens with one attached hydrogen (secondary N) is 1. The van der Waals surface area contributed by atoms with E-state index in [1.807, 2.05) is 0 Å². The molecule has 0 spiro atoms. The molecular weight excluding hydrogens is 221 g/mol. The molecule has 6 heteroatoms. The Labute approximate surface area is 95.5 Å². The average molecular weight is 229 g/mol. The molecule has 1 aromatic carbocycles. The van der Waals surface area contributed by atoms with Gasteiger partial charge in [0.1, 0.15) is 11.5 Å². The Kier molecular flexibility index (Phi) is 2.01. The minimum Gasteiger partial charge on any atom is -0.382 e. The monoisotopic (exact) mass is 229 g/mol. The molecule has 0 aliphatic carbocycles. The SMILES string of the molecule is Nc1nccnc1-c1nc2ccc(F)cc2[nH]1. The Morgan fingerprint density at radius 3 is 2.82 bits per heavy atom. The van der Waals surface area contributed by atoms with E-state index in [0.717, 1.165) is 0 Å². The molecule has 3 aromatic rings. The van der Waals surface area contributed by atoms with Gasteiger partial charge in [-0.3, -0.25) is 0 Å². The molecule has 0 amide bonds. The predicted molar refractivity (Wildman–Crippen MR) is 61.5 cm³/mol. The summed E-state index contributed by atoms with van der Waals surface area (Å²) in [6.45, 7) is 0. The highest BCUT2D eigenvalue weighted by Gasteiger charge is 2.10. The molecule has 0 aliphatic heterocycles. The lowest BCUT2D eigenvalue weighted by atomic mass is 10.3. The minimum absolute atomic E-state index is 0.284. The lowest BCUT2D eigenvalue weighted by Gasteiger charge is -1.97. The third kappa shape index (κ3) is 1.59. The van der Waals surface area contributed by atoms with Gasteiger partial charge in [-0.1, -0.05) is 0 Å². The van der Waals surface area contributed by atoms with E-state index in [-0.39, 0.29) is 11.6 Å². The molecule has 0 radical (unpaired) electrons. The molecule has 0 saturated carbocycles. The lowest BCUT2D eigenvalue weighted by molar-refractivity contribution is 0.629. The summed E-state index contributed by atoms with van der Waals surface area (Å²) in [7, 11) is 0. The average Bonchev–Trinajstić information content (AvgIpc) is 2.72. The summed E-state index contributed by atoms with van der Waals surface area (Å²) in [6.07, 6.45) is 3.03. The second-order valence-electron chi connectivity index (χ2n) is 3.54. The summed E-state index contributed by atoms with van der Waals surface area (Å²) in [5, 5.41) is 0. The summed E-state index contributed by atoms with van der Waals surface area (Å²) in [6, 6.07) is 4.32. The maximum absolute atomic E-state index is 13.0. The van der Waals surface area contributed by atoms with Crippen LogP contribution in [0.15, 0.2) is 30.6 Å². The fourth-order valence-electron chi connectivity index (χ4n) is 1.63. The van der Waals surface area contributed by atoms with Crippen LogP contribution in [0.1, 0.15) is 0 Å². The molecule has 3 N–H and O–H groups in total. The van der Waals surface area contributed by atoms with Gasteiger partial charge < -0.3 is 10.7 Å². The molecule has 0 aliphatic rings. The number of hydrogen-bond donors (Lipinski definition) is 2. The van der Waals surface area contributed by atoms with Crippen molar-refractivity contribution in [2.24, 2.45) is 0 Å². The first-order valence-corrected chi connectivity index (χ1v) is 4.96. The number of nitrogens with zero attached hydrogens (tertiary/aromatic N) is 3. The highest BCUT2D eigenvalue weighted by molar-refractivity contribution is 5.80. The van der Waals surface area contributed by atoms with Crippen LogP contribution in [0.3, 0.4) is 0 Å². The number of nitrogen functional groups attached to an aromatic ring is 1. The number of fused-ring (bicyclic) bond motifs is 1. The highest BCUT2D eigenvalue weighted by Crippen LogP contribution is 2.22. The third-order valence-electron chi connectivity index (χ3n) is 2.39. The zero-order valence-electron chi connectivity index (χ0n) is 8.68. The van der Waals surface area contributed by atoms with Crippen molar-refractivity contribution in [3.63, 3.8) is 0 Å². The van der Waals surface area contributed by atoms with Crippen LogP contribution >= 0.6 is 0 Å². The van der Waals surface area contributed by atoms with Gasteiger partial charge in [-0.25, -0.2) is 19.3 Å². The molecule has 2 aromatic heterocycles. The van der Waals surface area contributed by atoms with Crippen molar-refractivity contribution in [2.45, 2.75) is 0 Å². The molecule has 84 valence electrons. The second-order valence-corrected chi connectivity index (χ2v) is 3.54. The van der Waals surface area contributed by atoms with Crippen molar-refractivity contribution >= 4 is 16.9 Å². The standard InChI is InChI=1S/C11H8FN5/c12-6-1-2-7-8(5-6)17-11(16-7)9-10(13)15-4-3-14-9/h1-5H,(H2,13,15)(H,16,17). The van der Waals surface area contributed by atoms with Gasteiger partial charge in [-0.05, 0) is 18.2 Å². The molecule has 5 nitrogen and oxygen atoms in total. The molecular formula is C11H8FN5. The number of imidazole rings is 1. The van der Waals surface area contributed by atoms with E-state index in [9.17, 15) is 4.39 Å². The predicted octanol–water partition coefficient (Wildman–Crippen LogP) is 1.74. The Morgan fingerprint density at radius 2 is 2.00 bits per heavy atom. The fourth-order valence-corrected chi connectivity index (χ4v) is 1.63. The zero-order valence-corrected chi connectivity index (χ0v) is 8.68. The van der Waals surface area contributed by atoms with Crippen molar-refractivity contribution in [2.75, 3.05) is 5.73 Å². The van der Waals surface area contributed by atoms with E-state index in [2.05, 4.69) is 19.9 Å². The number of rotatable bonds is 1. The quantitative estimate of drug-likeness (QED) is 0.666. The number of nitrogens with two attached hydrogens (primary N) is 1. The number of aromatic nitrogens is 4. The van der Waals surface area contributed by atoms with E-state index in [4.69, 9.17) is 5.73 Å². The first-order valence-electron chi connectivity index (χ1n) is 4.96. The molecule has 0 bridgehead atoms. The van der Waals surface area contributed by atoms with E-state index >= 15 is 0 Å². The van der Waals surface area contributed by atoms with Crippen molar-refractivity contribution in [1.82, 2.24) is 19.9 Å². The number of hydrogen-bond acceptors (Lipinski definition) is 4. The molecule has 17 heavy (non-hydrogen) atoms. The van der Waals surface area contributed by atoms with Crippen LogP contribution in [0.25, 0.3) is 22.6 Å². The van der Waals surface area contributed by atoms with Gasteiger partial charge in [0, 0.05) is 12.4 Å². The van der Waals surface area contributed by atoms with Crippen LogP contribution in [0.2, 0.25) is 0 Å². The first-order chi connectivity index (χ1) is 8.24. The fraction of sp³-hybridized carbons (Fsp3) is 0.